The van der Waals surface area contributed by atoms with Crippen molar-refractivity contribution >= 4 is 0 Å². The summed E-state index contributed by atoms with van der Waals surface area (Å²) in [6.07, 6.45) is 0.459. The molecule has 0 spiro atoms. The smallest absolute Gasteiger partial charge is 0.0802 e. The molecule has 0 fully saturated rings. The van der Waals surface area contributed by atoms with Gasteiger partial charge in [0.05, 0.1) is 6.10 Å². The first-order valence-corrected chi connectivity index (χ1v) is 5.58. The number of rotatable bonds is 4. The molecule has 0 saturated carbocycles. The highest BCUT2D eigenvalue weighted by Gasteiger charge is 2.06. The molecule has 0 aliphatic carbocycles. The summed E-state index contributed by atoms with van der Waals surface area (Å²) in [4.78, 5) is 2.08. The van der Waals surface area contributed by atoms with Gasteiger partial charge in [0.1, 0.15) is 0 Å². The summed E-state index contributed by atoms with van der Waals surface area (Å²) in [5, 5.41) is 9.74. The van der Waals surface area contributed by atoms with Crippen molar-refractivity contribution < 1.29 is 5.11 Å². The second-order valence-electron chi connectivity index (χ2n) is 3.52. The van der Waals surface area contributed by atoms with Crippen LogP contribution in [0.5, 0.6) is 0 Å². The van der Waals surface area contributed by atoms with Crippen molar-refractivity contribution in [1.82, 2.24) is 4.90 Å². The van der Waals surface area contributed by atoms with E-state index in [1.165, 1.54) is 0 Å². The van der Waals surface area contributed by atoms with Gasteiger partial charge in [0.25, 0.3) is 0 Å². The van der Waals surface area contributed by atoms with Gasteiger partial charge in [-0.05, 0) is 26.1 Å². The van der Waals surface area contributed by atoms with E-state index in [1.807, 2.05) is 58.3 Å². The first-order chi connectivity index (χ1) is 7.20. The van der Waals surface area contributed by atoms with Crippen LogP contribution in [-0.4, -0.2) is 30.6 Å². The second kappa shape index (κ2) is 8.45. The quantitative estimate of drug-likeness (QED) is 0.824. The fraction of sp³-hybridized carbons (Fsp3) is 0.538. The minimum absolute atomic E-state index is 0.330. The molecule has 1 unspecified atom stereocenters. The highest BCUT2D eigenvalue weighted by molar-refractivity contribution is 5.17. The normalized spacial score (nSPS) is 11.9. The standard InChI is InChI=1S/C11H17NO.C2H6/c1-12(2)9-8-11(13)10-6-4-3-5-7-10;1-2/h3-7,11,13H,8-9H2,1-2H3;1-2H3. The molecule has 2 heteroatoms. The fourth-order valence-corrected chi connectivity index (χ4v) is 1.22. The van der Waals surface area contributed by atoms with E-state index in [1.54, 1.807) is 0 Å². The maximum atomic E-state index is 9.74. The number of nitrogens with zero attached hydrogens (tertiary/aromatic N) is 1. The van der Waals surface area contributed by atoms with Gasteiger partial charge in [-0.25, -0.2) is 0 Å². The predicted molar refractivity (Wildman–Crippen MR) is 65.9 cm³/mol. The van der Waals surface area contributed by atoms with Gasteiger partial charge in [-0.3, -0.25) is 0 Å². The van der Waals surface area contributed by atoms with Crippen LogP contribution < -0.4 is 0 Å². The number of hydrogen-bond donors (Lipinski definition) is 1. The lowest BCUT2D eigenvalue weighted by atomic mass is 10.1. The Morgan fingerprint density at radius 2 is 1.67 bits per heavy atom. The SMILES string of the molecule is CC.CN(C)CCC(O)c1ccccc1. The van der Waals surface area contributed by atoms with Crippen LogP contribution in [0.3, 0.4) is 0 Å². The van der Waals surface area contributed by atoms with E-state index in [-0.39, 0.29) is 6.10 Å². The van der Waals surface area contributed by atoms with Gasteiger partial charge >= 0.3 is 0 Å². The molecule has 1 atom stereocenters. The molecular weight excluding hydrogens is 186 g/mol. The molecule has 1 N–H and O–H groups in total. The maximum absolute atomic E-state index is 9.74. The summed E-state index contributed by atoms with van der Waals surface area (Å²) < 4.78 is 0. The van der Waals surface area contributed by atoms with Crippen molar-refractivity contribution in [3.63, 3.8) is 0 Å². The molecule has 1 aromatic rings. The van der Waals surface area contributed by atoms with Crippen LogP contribution >= 0.6 is 0 Å². The van der Waals surface area contributed by atoms with E-state index >= 15 is 0 Å². The topological polar surface area (TPSA) is 23.5 Å². The van der Waals surface area contributed by atoms with Crippen LogP contribution in [0.25, 0.3) is 0 Å². The Morgan fingerprint density at radius 1 is 1.13 bits per heavy atom. The molecule has 0 saturated heterocycles. The molecular formula is C13H23NO. The zero-order valence-corrected chi connectivity index (χ0v) is 10.3. The third kappa shape index (κ3) is 6.26. The average molecular weight is 209 g/mol. The zero-order chi connectivity index (χ0) is 11.7. The first kappa shape index (κ1) is 14.1. The van der Waals surface area contributed by atoms with Gasteiger partial charge in [-0.1, -0.05) is 44.2 Å². The van der Waals surface area contributed by atoms with Gasteiger partial charge in [0.2, 0.25) is 0 Å². The van der Waals surface area contributed by atoms with Crippen LogP contribution in [0.4, 0.5) is 0 Å². The predicted octanol–water partition coefficient (Wildman–Crippen LogP) is 2.70. The Balaban J connectivity index is 0.000000921. The summed E-state index contributed by atoms with van der Waals surface area (Å²) in [6, 6.07) is 9.78. The van der Waals surface area contributed by atoms with Crippen LogP contribution in [-0.2, 0) is 0 Å². The Hall–Kier alpha value is -0.860. The zero-order valence-electron chi connectivity index (χ0n) is 10.3. The van der Waals surface area contributed by atoms with Crippen molar-refractivity contribution in [2.45, 2.75) is 26.4 Å². The Kier molecular flexibility index (Phi) is 7.96. The van der Waals surface area contributed by atoms with Gasteiger partial charge in [-0.15, -0.1) is 0 Å². The Labute approximate surface area is 93.5 Å². The van der Waals surface area contributed by atoms with E-state index in [0.717, 1.165) is 18.5 Å². The van der Waals surface area contributed by atoms with Crippen molar-refractivity contribution in [3.05, 3.63) is 35.9 Å². The molecule has 0 aliphatic heterocycles. The lowest BCUT2D eigenvalue weighted by Crippen LogP contribution is -2.15. The van der Waals surface area contributed by atoms with E-state index in [4.69, 9.17) is 0 Å². The largest absolute Gasteiger partial charge is 0.388 e. The summed E-state index contributed by atoms with van der Waals surface area (Å²) in [6.45, 7) is 4.91. The molecule has 86 valence electrons. The second-order valence-corrected chi connectivity index (χ2v) is 3.52. The lowest BCUT2D eigenvalue weighted by Gasteiger charge is -2.14. The van der Waals surface area contributed by atoms with Gasteiger partial charge in [-0.2, -0.15) is 0 Å². The molecule has 0 amide bonds. The van der Waals surface area contributed by atoms with E-state index in [2.05, 4.69) is 4.90 Å². The van der Waals surface area contributed by atoms with E-state index < -0.39 is 0 Å². The minimum Gasteiger partial charge on any atom is -0.388 e. The summed E-state index contributed by atoms with van der Waals surface area (Å²) in [5.74, 6) is 0. The third-order valence-electron chi connectivity index (χ3n) is 2.03. The molecule has 1 rings (SSSR count). The van der Waals surface area contributed by atoms with Crippen LogP contribution in [0.2, 0.25) is 0 Å². The minimum atomic E-state index is -0.330. The summed E-state index contributed by atoms with van der Waals surface area (Å²) in [7, 11) is 4.02. The molecule has 0 bridgehead atoms. The van der Waals surface area contributed by atoms with Gasteiger partial charge in [0.15, 0.2) is 0 Å². The van der Waals surface area contributed by atoms with Crippen molar-refractivity contribution in [1.29, 1.82) is 0 Å². The number of hydrogen-bond acceptors (Lipinski definition) is 2. The number of benzene rings is 1. The molecule has 0 radical (unpaired) electrons. The van der Waals surface area contributed by atoms with Crippen molar-refractivity contribution in [2.24, 2.45) is 0 Å². The monoisotopic (exact) mass is 209 g/mol. The van der Waals surface area contributed by atoms with Crippen LogP contribution in [0.1, 0.15) is 31.9 Å². The molecule has 0 aliphatic rings. The van der Waals surface area contributed by atoms with Crippen LogP contribution in [0, 0.1) is 0 Å². The number of aliphatic hydroxyl groups excluding tert-OH is 1. The summed E-state index contributed by atoms with van der Waals surface area (Å²) >= 11 is 0. The first-order valence-electron chi connectivity index (χ1n) is 5.58. The molecule has 1 aromatic carbocycles. The fourth-order valence-electron chi connectivity index (χ4n) is 1.22. The van der Waals surface area contributed by atoms with Crippen molar-refractivity contribution in [3.8, 4) is 0 Å². The lowest BCUT2D eigenvalue weighted by molar-refractivity contribution is 0.154. The Morgan fingerprint density at radius 3 is 2.13 bits per heavy atom. The van der Waals surface area contributed by atoms with Crippen LogP contribution in [0.15, 0.2) is 30.3 Å². The Bertz CT molecular complexity index is 234. The molecule has 0 heterocycles. The third-order valence-corrected chi connectivity index (χ3v) is 2.03. The van der Waals surface area contributed by atoms with E-state index in [0.29, 0.717) is 0 Å². The van der Waals surface area contributed by atoms with E-state index in [9.17, 15) is 5.11 Å². The number of aliphatic hydroxyl groups is 1. The highest BCUT2D eigenvalue weighted by Crippen LogP contribution is 2.15. The molecule has 2 nitrogen and oxygen atoms in total. The van der Waals surface area contributed by atoms with Gasteiger partial charge in [0, 0.05) is 6.54 Å². The molecule has 15 heavy (non-hydrogen) atoms. The maximum Gasteiger partial charge on any atom is 0.0802 e. The molecule has 0 aromatic heterocycles. The highest BCUT2D eigenvalue weighted by atomic mass is 16.3. The van der Waals surface area contributed by atoms with Gasteiger partial charge < -0.3 is 10.0 Å². The summed E-state index contributed by atoms with van der Waals surface area (Å²) in [5.41, 5.74) is 1.00. The van der Waals surface area contributed by atoms with Crippen molar-refractivity contribution in [2.75, 3.05) is 20.6 Å². The average Bonchev–Trinajstić information content (AvgIpc) is 2.30.